The second-order valence-electron chi connectivity index (χ2n) is 5.78. The maximum atomic E-state index is 12.3. The molecule has 1 N–H and O–H groups in total. The van der Waals surface area contributed by atoms with E-state index >= 15 is 0 Å². The number of nitrogens with zero attached hydrogens (tertiary/aromatic N) is 3. The topological polar surface area (TPSA) is 58.1 Å². The molecular weight excluding hydrogens is 264 g/mol. The molecule has 1 aliphatic heterocycles. The van der Waals surface area contributed by atoms with Gasteiger partial charge in [-0.05, 0) is 44.6 Å². The van der Waals surface area contributed by atoms with Crippen molar-refractivity contribution in [3.8, 4) is 0 Å². The van der Waals surface area contributed by atoms with Crippen LogP contribution in [0.4, 0.5) is 5.95 Å². The molecule has 21 heavy (non-hydrogen) atoms. The summed E-state index contributed by atoms with van der Waals surface area (Å²) in [7, 11) is 0. The fourth-order valence-electron chi connectivity index (χ4n) is 3.05. The lowest BCUT2D eigenvalue weighted by Gasteiger charge is -2.33. The smallest absolute Gasteiger partial charge is 0.247 e. The SMILES string of the molecule is O=C(N[C@H]1CCCN(c2ncccn2)C1)C1=CCCCC1. The molecule has 1 amide bonds. The lowest BCUT2D eigenvalue weighted by atomic mass is 9.98. The molecule has 2 aliphatic rings. The summed E-state index contributed by atoms with van der Waals surface area (Å²) in [4.78, 5) is 23.0. The van der Waals surface area contributed by atoms with Crippen LogP contribution >= 0.6 is 0 Å². The number of rotatable bonds is 3. The largest absolute Gasteiger partial charge is 0.348 e. The maximum absolute atomic E-state index is 12.3. The average molecular weight is 286 g/mol. The van der Waals surface area contributed by atoms with Crippen LogP contribution in [0, 0.1) is 0 Å². The molecule has 0 unspecified atom stereocenters. The third-order valence-electron chi connectivity index (χ3n) is 4.17. The number of hydrogen-bond acceptors (Lipinski definition) is 4. The van der Waals surface area contributed by atoms with Crippen LogP contribution < -0.4 is 10.2 Å². The van der Waals surface area contributed by atoms with Crippen LogP contribution in [-0.2, 0) is 4.79 Å². The van der Waals surface area contributed by atoms with Gasteiger partial charge >= 0.3 is 0 Å². The summed E-state index contributed by atoms with van der Waals surface area (Å²) in [5, 5.41) is 3.18. The van der Waals surface area contributed by atoms with Gasteiger partial charge in [-0.1, -0.05) is 6.08 Å². The third-order valence-corrected chi connectivity index (χ3v) is 4.17. The monoisotopic (exact) mass is 286 g/mol. The highest BCUT2D eigenvalue weighted by atomic mass is 16.1. The Morgan fingerprint density at radius 3 is 2.86 bits per heavy atom. The van der Waals surface area contributed by atoms with Crippen LogP contribution in [-0.4, -0.2) is 35.0 Å². The quantitative estimate of drug-likeness (QED) is 0.924. The molecule has 1 aromatic rings. The minimum absolute atomic E-state index is 0.121. The molecule has 1 aliphatic carbocycles. The first kappa shape index (κ1) is 14.0. The van der Waals surface area contributed by atoms with Gasteiger partial charge in [0.05, 0.1) is 0 Å². The van der Waals surface area contributed by atoms with Crippen molar-refractivity contribution in [1.82, 2.24) is 15.3 Å². The first-order valence-corrected chi connectivity index (χ1v) is 7.85. The molecule has 1 saturated heterocycles. The molecule has 2 heterocycles. The summed E-state index contributed by atoms with van der Waals surface area (Å²) in [6, 6.07) is 2.01. The van der Waals surface area contributed by atoms with Gasteiger partial charge in [0.1, 0.15) is 0 Å². The Hall–Kier alpha value is -1.91. The van der Waals surface area contributed by atoms with Gasteiger partial charge in [-0.15, -0.1) is 0 Å². The van der Waals surface area contributed by atoms with Gasteiger partial charge < -0.3 is 10.2 Å². The number of nitrogens with one attached hydrogen (secondary N) is 1. The Morgan fingerprint density at radius 1 is 1.24 bits per heavy atom. The van der Waals surface area contributed by atoms with E-state index in [1.807, 2.05) is 6.07 Å². The molecule has 0 spiro atoms. The molecule has 0 radical (unpaired) electrons. The molecule has 1 aromatic heterocycles. The van der Waals surface area contributed by atoms with Crippen molar-refractivity contribution < 1.29 is 4.79 Å². The number of anilines is 1. The Bertz CT molecular complexity index is 514. The van der Waals surface area contributed by atoms with Crippen molar-refractivity contribution in [1.29, 1.82) is 0 Å². The van der Waals surface area contributed by atoms with Crippen LogP contribution in [0.3, 0.4) is 0 Å². The average Bonchev–Trinajstić information content (AvgIpc) is 2.57. The standard InChI is InChI=1S/C16H22N4O/c21-15(13-6-2-1-3-7-13)19-14-8-4-11-20(12-14)16-17-9-5-10-18-16/h5-6,9-10,14H,1-4,7-8,11-12H2,(H,19,21)/t14-/m0/s1. The van der Waals surface area contributed by atoms with Crippen molar-refractivity contribution in [3.63, 3.8) is 0 Å². The van der Waals surface area contributed by atoms with Gasteiger partial charge in [0, 0.05) is 37.1 Å². The van der Waals surface area contributed by atoms with Crippen LogP contribution in [0.5, 0.6) is 0 Å². The number of carbonyl (C=O) groups is 1. The minimum Gasteiger partial charge on any atom is -0.348 e. The lowest BCUT2D eigenvalue weighted by Crippen LogP contribution is -2.48. The Balaban J connectivity index is 1.59. The number of hydrogen-bond donors (Lipinski definition) is 1. The maximum Gasteiger partial charge on any atom is 0.247 e. The highest BCUT2D eigenvalue weighted by molar-refractivity contribution is 5.93. The van der Waals surface area contributed by atoms with Gasteiger partial charge in [0.2, 0.25) is 11.9 Å². The summed E-state index contributed by atoms with van der Waals surface area (Å²) < 4.78 is 0. The first-order valence-electron chi connectivity index (χ1n) is 7.85. The summed E-state index contributed by atoms with van der Waals surface area (Å²) in [5.41, 5.74) is 0.967. The number of aromatic nitrogens is 2. The molecule has 1 fully saturated rings. The van der Waals surface area contributed by atoms with E-state index in [2.05, 4.69) is 26.3 Å². The predicted molar refractivity (Wildman–Crippen MR) is 82.0 cm³/mol. The van der Waals surface area contributed by atoms with E-state index in [0.717, 1.165) is 56.7 Å². The third kappa shape index (κ3) is 3.60. The van der Waals surface area contributed by atoms with Crippen molar-refractivity contribution >= 4 is 11.9 Å². The zero-order valence-corrected chi connectivity index (χ0v) is 12.3. The minimum atomic E-state index is 0.121. The highest BCUT2D eigenvalue weighted by Crippen LogP contribution is 2.19. The molecule has 5 heteroatoms. The van der Waals surface area contributed by atoms with Crippen molar-refractivity contribution in [2.24, 2.45) is 0 Å². The van der Waals surface area contributed by atoms with Crippen LogP contribution in [0.2, 0.25) is 0 Å². The molecule has 0 aromatic carbocycles. The molecule has 1 atom stereocenters. The van der Waals surface area contributed by atoms with Gasteiger partial charge in [0.15, 0.2) is 0 Å². The fourth-order valence-corrected chi connectivity index (χ4v) is 3.05. The summed E-state index contributed by atoms with van der Waals surface area (Å²) >= 11 is 0. The van der Waals surface area contributed by atoms with Crippen molar-refractivity contribution in [3.05, 3.63) is 30.1 Å². The fraction of sp³-hybridized carbons (Fsp3) is 0.562. The molecular formula is C16H22N4O. The van der Waals surface area contributed by atoms with E-state index in [-0.39, 0.29) is 11.9 Å². The van der Waals surface area contributed by atoms with Crippen molar-refractivity contribution in [2.75, 3.05) is 18.0 Å². The van der Waals surface area contributed by atoms with Crippen LogP contribution in [0.25, 0.3) is 0 Å². The van der Waals surface area contributed by atoms with E-state index in [1.54, 1.807) is 12.4 Å². The molecule has 3 rings (SSSR count). The predicted octanol–water partition coefficient (Wildman–Crippen LogP) is 2.06. The molecule has 5 nitrogen and oxygen atoms in total. The van der Waals surface area contributed by atoms with Gasteiger partial charge in [-0.3, -0.25) is 4.79 Å². The summed E-state index contributed by atoms with van der Waals surface area (Å²) in [6.07, 6.45) is 12.0. The normalized spacial score (nSPS) is 22.6. The first-order chi connectivity index (χ1) is 10.3. The zero-order valence-electron chi connectivity index (χ0n) is 12.3. The molecule has 112 valence electrons. The van der Waals surface area contributed by atoms with Crippen LogP contribution in [0.15, 0.2) is 30.1 Å². The van der Waals surface area contributed by atoms with Crippen LogP contribution in [0.1, 0.15) is 38.5 Å². The lowest BCUT2D eigenvalue weighted by molar-refractivity contribution is -0.118. The number of piperidine rings is 1. The van der Waals surface area contributed by atoms with E-state index in [0.29, 0.717) is 0 Å². The summed E-state index contributed by atoms with van der Waals surface area (Å²) in [5.74, 6) is 0.879. The second kappa shape index (κ2) is 6.70. The molecule has 0 bridgehead atoms. The van der Waals surface area contributed by atoms with E-state index in [4.69, 9.17) is 0 Å². The van der Waals surface area contributed by atoms with Gasteiger partial charge in [-0.25, -0.2) is 9.97 Å². The number of amides is 1. The number of allylic oxidation sites excluding steroid dienone is 1. The molecule has 0 saturated carbocycles. The van der Waals surface area contributed by atoms with E-state index < -0.39 is 0 Å². The summed E-state index contributed by atoms with van der Waals surface area (Å²) in [6.45, 7) is 1.75. The Kier molecular flexibility index (Phi) is 4.48. The van der Waals surface area contributed by atoms with E-state index in [9.17, 15) is 4.79 Å². The van der Waals surface area contributed by atoms with Gasteiger partial charge in [0.25, 0.3) is 0 Å². The number of carbonyl (C=O) groups excluding carboxylic acids is 1. The second-order valence-corrected chi connectivity index (χ2v) is 5.78. The highest BCUT2D eigenvalue weighted by Gasteiger charge is 2.24. The van der Waals surface area contributed by atoms with Gasteiger partial charge in [-0.2, -0.15) is 0 Å². The Labute approximate surface area is 125 Å². The van der Waals surface area contributed by atoms with E-state index in [1.165, 1.54) is 6.42 Å². The zero-order chi connectivity index (χ0) is 14.5. The Morgan fingerprint density at radius 2 is 2.10 bits per heavy atom. The van der Waals surface area contributed by atoms with Crippen molar-refractivity contribution in [2.45, 2.75) is 44.6 Å².